The molecule has 6 nitrogen and oxygen atoms in total. The molecule has 2 bridgehead atoms. The lowest BCUT2D eigenvalue weighted by atomic mass is 9.78. The van der Waals surface area contributed by atoms with Gasteiger partial charge in [0.1, 0.15) is 5.75 Å². The summed E-state index contributed by atoms with van der Waals surface area (Å²) in [5.41, 5.74) is 1.23. The van der Waals surface area contributed by atoms with E-state index < -0.39 is 0 Å². The van der Waals surface area contributed by atoms with E-state index >= 15 is 0 Å². The number of anilines is 1. The number of nitrogens with one attached hydrogen (secondary N) is 2. The van der Waals surface area contributed by atoms with Gasteiger partial charge in [-0.05, 0) is 52.0 Å². The Labute approximate surface area is 160 Å². The van der Waals surface area contributed by atoms with E-state index in [9.17, 15) is 4.79 Å². The Kier molecular flexibility index (Phi) is 5.95. The minimum Gasteiger partial charge on any atom is -0.496 e. The third-order valence-electron chi connectivity index (χ3n) is 5.62. The van der Waals surface area contributed by atoms with Crippen molar-refractivity contribution >= 4 is 23.2 Å². The maximum Gasteiger partial charge on any atom is 0.255 e. The fourth-order valence-electron chi connectivity index (χ4n) is 4.29. The van der Waals surface area contributed by atoms with Gasteiger partial charge in [-0.15, -0.1) is 0 Å². The van der Waals surface area contributed by atoms with Crippen LogP contribution in [0, 0.1) is 5.92 Å². The molecule has 3 aliphatic rings. The molecule has 4 rings (SSSR count). The predicted molar refractivity (Wildman–Crippen MR) is 105 cm³/mol. The zero-order valence-corrected chi connectivity index (χ0v) is 16.8. The highest BCUT2D eigenvalue weighted by Crippen LogP contribution is 2.34. The highest BCUT2D eigenvalue weighted by atomic mass is 35.5. The minimum absolute atomic E-state index is 0.117. The number of amides is 1. The maximum absolute atomic E-state index is 13.0. The number of likely N-dealkylation sites (N-methyl/N-ethyl adjacent to an activating group) is 1. The van der Waals surface area contributed by atoms with Crippen LogP contribution in [-0.2, 0) is 0 Å². The molecule has 3 aliphatic heterocycles. The Morgan fingerprint density at radius 2 is 2.04 bits per heavy atom. The van der Waals surface area contributed by atoms with E-state index in [2.05, 4.69) is 34.5 Å². The van der Waals surface area contributed by atoms with E-state index in [0.29, 0.717) is 28.3 Å². The first-order chi connectivity index (χ1) is 12.4. The van der Waals surface area contributed by atoms with Crippen LogP contribution in [0.5, 0.6) is 5.75 Å². The molecule has 3 fully saturated rings. The first kappa shape index (κ1) is 19.3. The van der Waals surface area contributed by atoms with Crippen LogP contribution in [0.2, 0.25) is 5.02 Å². The number of carbonyl (C=O) groups is 1. The van der Waals surface area contributed by atoms with Crippen LogP contribution in [0.3, 0.4) is 0 Å². The van der Waals surface area contributed by atoms with Crippen LogP contribution in [0.4, 0.5) is 5.69 Å². The first-order valence-electron chi connectivity index (χ1n) is 9.19. The number of methoxy groups -OCH3 is 1. The average Bonchev–Trinajstić information content (AvgIpc) is 2.63. The van der Waals surface area contributed by atoms with Crippen molar-refractivity contribution < 1.29 is 9.53 Å². The Balaban J connectivity index is 1.83. The molecular weight excluding hydrogens is 352 g/mol. The van der Waals surface area contributed by atoms with E-state index in [1.807, 2.05) is 0 Å². The second-order valence-electron chi connectivity index (χ2n) is 7.48. The molecule has 3 saturated heterocycles. The van der Waals surface area contributed by atoms with Crippen LogP contribution in [0.15, 0.2) is 12.1 Å². The highest BCUT2D eigenvalue weighted by molar-refractivity contribution is 6.33. The summed E-state index contributed by atoms with van der Waals surface area (Å²) in [5.74, 6) is 0.947. The number of fused-ring (bicyclic) bond motifs is 3. The molecular formula is C19H29ClN4O2. The van der Waals surface area contributed by atoms with E-state index in [4.69, 9.17) is 16.3 Å². The van der Waals surface area contributed by atoms with Gasteiger partial charge in [0.25, 0.3) is 5.91 Å². The van der Waals surface area contributed by atoms with E-state index in [1.54, 1.807) is 26.3 Å². The number of ether oxygens (including phenoxy) is 1. The second-order valence-corrected chi connectivity index (χ2v) is 7.89. The molecule has 0 aliphatic carbocycles. The molecule has 2 N–H and O–H groups in total. The lowest BCUT2D eigenvalue weighted by Gasteiger charge is -2.51. The molecule has 144 valence electrons. The highest BCUT2D eigenvalue weighted by Gasteiger charge is 2.43. The normalized spacial score (nSPS) is 27.5. The summed E-state index contributed by atoms with van der Waals surface area (Å²) in [5, 5.41) is 6.82. The monoisotopic (exact) mass is 380 g/mol. The van der Waals surface area contributed by atoms with Gasteiger partial charge in [-0.25, -0.2) is 0 Å². The van der Waals surface area contributed by atoms with Crippen molar-refractivity contribution in [2.45, 2.75) is 24.9 Å². The lowest BCUT2D eigenvalue weighted by molar-refractivity contribution is 0.00301. The summed E-state index contributed by atoms with van der Waals surface area (Å²) in [6.45, 7) is 3.20. The van der Waals surface area contributed by atoms with Gasteiger partial charge < -0.3 is 20.3 Å². The fraction of sp³-hybridized carbons (Fsp3) is 0.632. The second kappa shape index (κ2) is 8.03. The SMILES string of the molecule is CNc1cc(OC)c(C(=O)NC2C3CCN(CC3)C2CN(C)C)cc1Cl. The summed E-state index contributed by atoms with van der Waals surface area (Å²) in [6, 6.07) is 3.95. The van der Waals surface area contributed by atoms with Crippen molar-refractivity contribution in [2.24, 2.45) is 5.92 Å². The number of benzene rings is 1. The standard InChI is InChI=1S/C19H29ClN4O2/c1-21-15-10-17(26-4)13(9-14(15)20)19(25)22-18-12-5-7-24(8-6-12)16(18)11-23(2)3/h9-10,12,16,18,21H,5-8,11H2,1-4H3,(H,22,25). The molecule has 0 aromatic heterocycles. The van der Waals surface area contributed by atoms with Crippen molar-refractivity contribution in [3.05, 3.63) is 22.7 Å². The molecule has 2 unspecified atom stereocenters. The van der Waals surface area contributed by atoms with Crippen molar-refractivity contribution in [2.75, 3.05) is 53.2 Å². The van der Waals surface area contributed by atoms with Gasteiger partial charge in [-0.2, -0.15) is 0 Å². The van der Waals surface area contributed by atoms with E-state index in [-0.39, 0.29) is 11.9 Å². The Hall–Kier alpha value is -1.50. The number of nitrogens with zero attached hydrogens (tertiary/aromatic N) is 2. The van der Waals surface area contributed by atoms with E-state index in [1.165, 1.54) is 0 Å². The number of piperidine rings is 3. The van der Waals surface area contributed by atoms with Gasteiger partial charge >= 0.3 is 0 Å². The number of carbonyl (C=O) groups excluding carboxylic acids is 1. The van der Waals surface area contributed by atoms with Gasteiger partial charge in [0.15, 0.2) is 0 Å². The number of halogens is 1. The number of hydrogen-bond acceptors (Lipinski definition) is 5. The van der Waals surface area contributed by atoms with Gasteiger partial charge in [-0.3, -0.25) is 9.69 Å². The van der Waals surface area contributed by atoms with Crippen molar-refractivity contribution in [1.29, 1.82) is 0 Å². The largest absolute Gasteiger partial charge is 0.496 e. The fourth-order valence-corrected chi connectivity index (χ4v) is 4.55. The molecule has 0 radical (unpaired) electrons. The zero-order valence-electron chi connectivity index (χ0n) is 16.0. The summed E-state index contributed by atoms with van der Waals surface area (Å²) < 4.78 is 5.43. The Bertz CT molecular complexity index is 659. The van der Waals surface area contributed by atoms with Crippen LogP contribution in [-0.4, -0.2) is 75.7 Å². The lowest BCUT2D eigenvalue weighted by Crippen LogP contribution is -2.65. The van der Waals surface area contributed by atoms with Gasteiger partial charge in [0, 0.05) is 31.7 Å². The molecule has 0 saturated carbocycles. The smallest absolute Gasteiger partial charge is 0.255 e. The zero-order chi connectivity index (χ0) is 18.8. The van der Waals surface area contributed by atoms with E-state index in [0.717, 1.165) is 38.2 Å². The third-order valence-corrected chi connectivity index (χ3v) is 5.93. The Morgan fingerprint density at radius 3 is 2.62 bits per heavy atom. The van der Waals surface area contributed by atoms with Crippen LogP contribution < -0.4 is 15.4 Å². The molecule has 2 atom stereocenters. The molecule has 0 spiro atoms. The molecule has 1 aromatic carbocycles. The van der Waals surface area contributed by atoms with Crippen molar-refractivity contribution in [1.82, 2.24) is 15.1 Å². The van der Waals surface area contributed by atoms with Crippen LogP contribution in [0.25, 0.3) is 0 Å². The Morgan fingerprint density at radius 1 is 1.35 bits per heavy atom. The maximum atomic E-state index is 13.0. The predicted octanol–water partition coefficient (Wildman–Crippen LogP) is 2.14. The molecule has 26 heavy (non-hydrogen) atoms. The third kappa shape index (κ3) is 3.77. The summed E-state index contributed by atoms with van der Waals surface area (Å²) in [6.07, 6.45) is 2.29. The molecule has 1 aromatic rings. The number of rotatable bonds is 6. The van der Waals surface area contributed by atoms with Crippen LogP contribution >= 0.6 is 11.6 Å². The molecule has 1 amide bonds. The first-order valence-corrected chi connectivity index (χ1v) is 9.57. The summed E-state index contributed by atoms with van der Waals surface area (Å²) in [4.78, 5) is 17.8. The molecule has 7 heteroatoms. The molecule has 3 heterocycles. The average molecular weight is 381 g/mol. The topological polar surface area (TPSA) is 56.8 Å². The van der Waals surface area contributed by atoms with Crippen molar-refractivity contribution in [3.8, 4) is 5.75 Å². The van der Waals surface area contributed by atoms with Gasteiger partial charge in [0.05, 0.1) is 23.4 Å². The van der Waals surface area contributed by atoms with Gasteiger partial charge in [0.2, 0.25) is 0 Å². The van der Waals surface area contributed by atoms with Crippen molar-refractivity contribution in [3.63, 3.8) is 0 Å². The summed E-state index contributed by atoms with van der Waals surface area (Å²) >= 11 is 6.29. The quantitative estimate of drug-likeness (QED) is 0.792. The minimum atomic E-state index is -0.117. The van der Waals surface area contributed by atoms with Crippen LogP contribution in [0.1, 0.15) is 23.2 Å². The van der Waals surface area contributed by atoms with Gasteiger partial charge in [-0.1, -0.05) is 11.6 Å². The summed E-state index contributed by atoms with van der Waals surface area (Å²) in [7, 11) is 7.53. The number of hydrogen-bond donors (Lipinski definition) is 2.